The van der Waals surface area contributed by atoms with Gasteiger partial charge in [0.2, 0.25) is 0 Å². The maximum atomic E-state index is 13.5. The highest BCUT2D eigenvalue weighted by Crippen LogP contribution is 2.44. The number of carbonyl (C=O) groups excluding carboxylic acids is 2. The second-order valence-electron chi connectivity index (χ2n) is 10.3. The summed E-state index contributed by atoms with van der Waals surface area (Å²) >= 11 is 0. The smallest absolute Gasteiger partial charge is 0.410 e. The van der Waals surface area contributed by atoms with Gasteiger partial charge in [-0.3, -0.25) is 0 Å². The van der Waals surface area contributed by atoms with Gasteiger partial charge in [0.25, 0.3) is 0 Å². The van der Waals surface area contributed by atoms with Gasteiger partial charge in [-0.1, -0.05) is 48.5 Å². The zero-order chi connectivity index (χ0) is 27.3. The van der Waals surface area contributed by atoms with Crippen LogP contribution in [0.15, 0.2) is 66.7 Å². The van der Waals surface area contributed by atoms with Crippen molar-refractivity contribution < 1.29 is 28.5 Å². The van der Waals surface area contributed by atoms with E-state index in [1.165, 1.54) is 0 Å². The van der Waals surface area contributed by atoms with Gasteiger partial charge in [0.1, 0.15) is 35.0 Å². The molecule has 200 valence electrons. The number of esters is 1. The lowest BCUT2D eigenvalue weighted by atomic mass is 9.95. The SMILES string of the molecule is COc1c([C@@H]2CCCN2C(=O)OC(C)(C)C)cc(OCc2ccccc2)c(C(=O)Oc2ccccc2)c1C. The molecule has 1 aliphatic heterocycles. The predicted octanol–water partition coefficient (Wildman–Crippen LogP) is 6.87. The van der Waals surface area contributed by atoms with Crippen LogP contribution in [0, 0.1) is 6.92 Å². The highest BCUT2D eigenvalue weighted by molar-refractivity contribution is 5.96. The molecule has 7 heteroatoms. The quantitative estimate of drug-likeness (QED) is 0.251. The van der Waals surface area contributed by atoms with Gasteiger partial charge in [-0.05, 0) is 64.3 Å². The van der Waals surface area contributed by atoms with Crippen LogP contribution in [-0.4, -0.2) is 36.2 Å². The number of likely N-dealkylation sites (tertiary alicyclic amines) is 1. The zero-order valence-electron chi connectivity index (χ0n) is 22.7. The van der Waals surface area contributed by atoms with E-state index >= 15 is 0 Å². The molecule has 0 aromatic heterocycles. The third-order valence-corrected chi connectivity index (χ3v) is 6.35. The van der Waals surface area contributed by atoms with Gasteiger partial charge in [0.05, 0.1) is 13.2 Å². The fraction of sp³-hybridized carbons (Fsp3) is 0.355. The third kappa shape index (κ3) is 6.28. The van der Waals surface area contributed by atoms with Crippen LogP contribution in [0.25, 0.3) is 0 Å². The zero-order valence-corrected chi connectivity index (χ0v) is 22.7. The molecule has 1 fully saturated rings. The van der Waals surface area contributed by atoms with Gasteiger partial charge in [-0.2, -0.15) is 0 Å². The minimum absolute atomic E-state index is 0.262. The van der Waals surface area contributed by atoms with Crippen molar-refractivity contribution in [1.82, 2.24) is 4.90 Å². The first-order valence-corrected chi connectivity index (χ1v) is 12.8. The molecule has 1 amide bonds. The van der Waals surface area contributed by atoms with E-state index in [0.717, 1.165) is 24.0 Å². The van der Waals surface area contributed by atoms with E-state index in [4.69, 9.17) is 18.9 Å². The molecule has 0 bridgehead atoms. The van der Waals surface area contributed by atoms with Crippen LogP contribution in [-0.2, 0) is 11.3 Å². The molecule has 1 heterocycles. The Balaban J connectivity index is 1.75. The monoisotopic (exact) mass is 517 g/mol. The molecule has 4 rings (SSSR count). The van der Waals surface area contributed by atoms with Crippen molar-refractivity contribution in [1.29, 1.82) is 0 Å². The molecule has 0 radical (unpaired) electrons. The lowest BCUT2D eigenvalue weighted by Gasteiger charge is -2.30. The summed E-state index contributed by atoms with van der Waals surface area (Å²) in [6.45, 7) is 8.19. The molecule has 3 aromatic rings. The van der Waals surface area contributed by atoms with E-state index in [1.54, 1.807) is 36.3 Å². The maximum Gasteiger partial charge on any atom is 0.410 e. The molecule has 1 atom stereocenters. The number of rotatable bonds is 7. The van der Waals surface area contributed by atoms with Crippen molar-refractivity contribution in [3.8, 4) is 17.2 Å². The summed E-state index contributed by atoms with van der Waals surface area (Å²) in [5, 5.41) is 0. The third-order valence-electron chi connectivity index (χ3n) is 6.35. The Kier molecular flexibility index (Phi) is 8.25. The molecule has 0 unspecified atom stereocenters. The van der Waals surface area contributed by atoms with E-state index < -0.39 is 11.6 Å². The Hall–Kier alpha value is -4.00. The standard InChI is InChI=1S/C31H35NO6/c1-21-27(29(33)37-23-15-10-7-11-16-23)26(36-20-22-13-8-6-9-14-22)19-24(28(21)35-5)25-17-12-18-32(25)30(34)38-31(2,3)4/h6-11,13-16,19,25H,12,17-18,20H2,1-5H3/t25-/m0/s1. The lowest BCUT2D eigenvalue weighted by molar-refractivity contribution is 0.0222. The first-order valence-electron chi connectivity index (χ1n) is 12.8. The van der Waals surface area contributed by atoms with Gasteiger partial charge in [0.15, 0.2) is 0 Å². The summed E-state index contributed by atoms with van der Waals surface area (Å²) in [5.41, 5.74) is 1.99. The van der Waals surface area contributed by atoms with Gasteiger partial charge in [-0.15, -0.1) is 0 Å². The van der Waals surface area contributed by atoms with E-state index in [9.17, 15) is 9.59 Å². The Labute approximate surface area is 224 Å². The minimum Gasteiger partial charge on any atom is -0.496 e. The average Bonchev–Trinajstić information content (AvgIpc) is 3.37. The van der Waals surface area contributed by atoms with Crippen LogP contribution in [0.4, 0.5) is 4.79 Å². The highest BCUT2D eigenvalue weighted by atomic mass is 16.6. The van der Waals surface area contributed by atoms with Crippen LogP contribution in [0.3, 0.4) is 0 Å². The van der Waals surface area contributed by atoms with E-state index in [2.05, 4.69) is 0 Å². The molecule has 0 spiro atoms. The van der Waals surface area contributed by atoms with Gasteiger partial charge >= 0.3 is 12.1 Å². The van der Waals surface area contributed by atoms with Crippen molar-refractivity contribution in [3.63, 3.8) is 0 Å². The number of hydrogen-bond donors (Lipinski definition) is 0. The van der Waals surface area contributed by atoms with Crippen LogP contribution in [0.5, 0.6) is 17.2 Å². The Morgan fingerprint density at radius 1 is 1.00 bits per heavy atom. The molecular formula is C31H35NO6. The Bertz CT molecular complexity index is 1270. The molecule has 0 N–H and O–H groups in total. The summed E-state index contributed by atoms with van der Waals surface area (Å²) in [4.78, 5) is 28.2. The maximum absolute atomic E-state index is 13.5. The van der Waals surface area contributed by atoms with E-state index in [0.29, 0.717) is 29.4 Å². The van der Waals surface area contributed by atoms with Crippen molar-refractivity contribution in [3.05, 3.63) is 89.0 Å². The molecule has 3 aromatic carbocycles. The molecule has 0 aliphatic carbocycles. The number of carbonyl (C=O) groups is 2. The van der Waals surface area contributed by atoms with Gasteiger partial charge < -0.3 is 23.8 Å². The van der Waals surface area contributed by atoms with Crippen LogP contribution >= 0.6 is 0 Å². The number of hydrogen-bond acceptors (Lipinski definition) is 6. The lowest BCUT2D eigenvalue weighted by Crippen LogP contribution is -2.36. The second-order valence-corrected chi connectivity index (χ2v) is 10.3. The summed E-state index contributed by atoms with van der Waals surface area (Å²) in [6.07, 6.45) is 1.18. The predicted molar refractivity (Wildman–Crippen MR) is 145 cm³/mol. The van der Waals surface area contributed by atoms with Gasteiger partial charge in [-0.25, -0.2) is 9.59 Å². The summed E-state index contributed by atoms with van der Waals surface area (Å²) in [7, 11) is 1.56. The molecular weight excluding hydrogens is 482 g/mol. The first kappa shape index (κ1) is 27.0. The molecule has 0 saturated carbocycles. The molecule has 1 saturated heterocycles. The van der Waals surface area contributed by atoms with Crippen molar-refractivity contribution in [2.75, 3.05) is 13.7 Å². The van der Waals surface area contributed by atoms with Crippen LogP contribution < -0.4 is 14.2 Å². The van der Waals surface area contributed by atoms with Crippen molar-refractivity contribution in [2.24, 2.45) is 0 Å². The summed E-state index contributed by atoms with van der Waals surface area (Å²) < 4.78 is 23.5. The summed E-state index contributed by atoms with van der Waals surface area (Å²) in [5.74, 6) is 0.787. The highest BCUT2D eigenvalue weighted by Gasteiger charge is 2.37. The largest absolute Gasteiger partial charge is 0.496 e. The number of ether oxygens (including phenoxy) is 4. The number of methoxy groups -OCH3 is 1. The number of amides is 1. The molecule has 1 aliphatic rings. The van der Waals surface area contributed by atoms with Crippen molar-refractivity contribution >= 4 is 12.1 Å². The van der Waals surface area contributed by atoms with E-state index in [1.807, 2.05) is 70.2 Å². The van der Waals surface area contributed by atoms with E-state index in [-0.39, 0.29) is 24.3 Å². The topological polar surface area (TPSA) is 74.3 Å². The Morgan fingerprint density at radius 3 is 2.29 bits per heavy atom. The molecule has 38 heavy (non-hydrogen) atoms. The second kappa shape index (κ2) is 11.6. The van der Waals surface area contributed by atoms with Crippen LogP contribution in [0.1, 0.15) is 66.7 Å². The fourth-order valence-electron chi connectivity index (χ4n) is 4.69. The van der Waals surface area contributed by atoms with Gasteiger partial charge in [0, 0.05) is 17.7 Å². The average molecular weight is 518 g/mol. The fourth-order valence-corrected chi connectivity index (χ4v) is 4.69. The summed E-state index contributed by atoms with van der Waals surface area (Å²) in [6, 6.07) is 20.2. The number of para-hydroxylation sites is 1. The normalized spacial score (nSPS) is 15.2. The van der Waals surface area contributed by atoms with Crippen LogP contribution in [0.2, 0.25) is 0 Å². The Morgan fingerprint density at radius 2 is 1.66 bits per heavy atom. The number of benzene rings is 3. The molecule has 7 nitrogen and oxygen atoms in total. The van der Waals surface area contributed by atoms with Crippen molar-refractivity contribution in [2.45, 2.75) is 58.8 Å². The first-order chi connectivity index (χ1) is 18.2. The number of nitrogens with zero attached hydrogens (tertiary/aromatic N) is 1. The minimum atomic E-state index is -0.612.